The van der Waals surface area contributed by atoms with Crippen molar-refractivity contribution in [1.29, 1.82) is 0 Å². The molecule has 0 amide bonds. The fourth-order valence-corrected chi connectivity index (χ4v) is 1.51. The quantitative estimate of drug-likeness (QED) is 0.837. The minimum absolute atomic E-state index is 0.0871. The van der Waals surface area contributed by atoms with Gasteiger partial charge in [0.15, 0.2) is 0 Å². The standard InChI is InChI=1S/C11H14F2O2/c1-8-9(11(12,13)6-7-14)4-3-5-10(8)15-2/h3-5,14H,6-7H2,1-2H3. The molecule has 0 aliphatic carbocycles. The van der Waals surface area contributed by atoms with Crippen molar-refractivity contribution in [2.45, 2.75) is 19.3 Å². The fourth-order valence-electron chi connectivity index (χ4n) is 1.51. The van der Waals surface area contributed by atoms with Gasteiger partial charge in [0.05, 0.1) is 7.11 Å². The van der Waals surface area contributed by atoms with Gasteiger partial charge in [-0.15, -0.1) is 0 Å². The summed E-state index contributed by atoms with van der Waals surface area (Å²) in [5.74, 6) is -2.57. The first-order valence-corrected chi connectivity index (χ1v) is 4.65. The lowest BCUT2D eigenvalue weighted by Crippen LogP contribution is -2.17. The van der Waals surface area contributed by atoms with Crippen molar-refractivity contribution in [2.75, 3.05) is 13.7 Å². The Hall–Kier alpha value is -1.16. The molecule has 0 radical (unpaired) electrons. The highest BCUT2D eigenvalue weighted by Gasteiger charge is 2.33. The third kappa shape index (κ3) is 2.45. The Kier molecular flexibility index (Phi) is 3.63. The van der Waals surface area contributed by atoms with Crippen molar-refractivity contribution in [3.63, 3.8) is 0 Å². The van der Waals surface area contributed by atoms with Crippen LogP contribution in [0, 0.1) is 6.92 Å². The van der Waals surface area contributed by atoms with Crippen molar-refractivity contribution in [2.24, 2.45) is 0 Å². The molecular weight excluding hydrogens is 202 g/mol. The Morgan fingerprint density at radius 1 is 1.40 bits per heavy atom. The maximum atomic E-state index is 13.5. The van der Waals surface area contributed by atoms with Crippen molar-refractivity contribution < 1.29 is 18.6 Å². The molecule has 0 heterocycles. The van der Waals surface area contributed by atoms with Gasteiger partial charge in [-0.25, -0.2) is 8.78 Å². The molecule has 1 aromatic rings. The Labute approximate surface area is 87.5 Å². The number of alkyl halides is 2. The van der Waals surface area contributed by atoms with Crippen LogP contribution >= 0.6 is 0 Å². The summed E-state index contributed by atoms with van der Waals surface area (Å²) in [6.07, 6.45) is -0.568. The molecule has 0 bridgehead atoms. The van der Waals surface area contributed by atoms with Gasteiger partial charge in [0, 0.05) is 24.2 Å². The van der Waals surface area contributed by atoms with Crippen LogP contribution in [0.15, 0.2) is 18.2 Å². The SMILES string of the molecule is COc1cccc(C(F)(F)CCO)c1C. The van der Waals surface area contributed by atoms with E-state index >= 15 is 0 Å². The molecule has 1 rings (SSSR count). The van der Waals surface area contributed by atoms with Crippen LogP contribution in [0.3, 0.4) is 0 Å². The lowest BCUT2D eigenvalue weighted by atomic mass is 10.00. The molecule has 4 heteroatoms. The number of halogens is 2. The summed E-state index contributed by atoms with van der Waals surface area (Å²) in [4.78, 5) is 0. The maximum absolute atomic E-state index is 13.5. The minimum atomic E-state index is -3.01. The normalized spacial score (nSPS) is 11.5. The fraction of sp³-hybridized carbons (Fsp3) is 0.455. The lowest BCUT2D eigenvalue weighted by Gasteiger charge is -2.19. The second kappa shape index (κ2) is 4.57. The van der Waals surface area contributed by atoms with Crippen molar-refractivity contribution in [1.82, 2.24) is 0 Å². The first-order chi connectivity index (χ1) is 7.03. The summed E-state index contributed by atoms with van der Waals surface area (Å²) in [7, 11) is 1.44. The Balaban J connectivity index is 3.14. The smallest absolute Gasteiger partial charge is 0.275 e. The largest absolute Gasteiger partial charge is 0.496 e. The number of rotatable bonds is 4. The molecule has 0 saturated heterocycles. The van der Waals surface area contributed by atoms with Crippen LogP contribution < -0.4 is 4.74 Å². The van der Waals surface area contributed by atoms with Gasteiger partial charge < -0.3 is 9.84 Å². The number of methoxy groups -OCH3 is 1. The van der Waals surface area contributed by atoms with E-state index in [0.29, 0.717) is 11.3 Å². The number of hydrogen-bond acceptors (Lipinski definition) is 2. The molecule has 0 fully saturated rings. The molecule has 0 unspecified atom stereocenters. The Morgan fingerprint density at radius 2 is 2.07 bits per heavy atom. The average Bonchev–Trinajstić information content (AvgIpc) is 2.17. The lowest BCUT2D eigenvalue weighted by molar-refractivity contribution is -0.0276. The third-order valence-electron chi connectivity index (χ3n) is 2.32. The predicted octanol–water partition coefficient (Wildman–Crippen LogP) is 2.48. The van der Waals surface area contributed by atoms with E-state index in [0.717, 1.165) is 0 Å². The molecular formula is C11H14F2O2. The summed E-state index contributed by atoms with van der Waals surface area (Å²) in [5, 5.41) is 8.57. The van der Waals surface area contributed by atoms with Crippen LogP contribution in [0.4, 0.5) is 8.78 Å². The summed E-state index contributed by atoms with van der Waals surface area (Å²) in [6, 6.07) is 4.51. The van der Waals surface area contributed by atoms with Crippen LogP contribution in [0.1, 0.15) is 17.5 Å². The number of aliphatic hydroxyl groups excluding tert-OH is 1. The van der Waals surface area contributed by atoms with Gasteiger partial charge in [-0.1, -0.05) is 12.1 Å². The van der Waals surface area contributed by atoms with Gasteiger partial charge in [-0.2, -0.15) is 0 Å². The van der Waals surface area contributed by atoms with E-state index in [9.17, 15) is 8.78 Å². The summed E-state index contributed by atoms with van der Waals surface area (Å²) >= 11 is 0. The second-order valence-corrected chi connectivity index (χ2v) is 3.31. The maximum Gasteiger partial charge on any atom is 0.275 e. The van der Waals surface area contributed by atoms with E-state index < -0.39 is 19.0 Å². The molecule has 2 nitrogen and oxygen atoms in total. The monoisotopic (exact) mass is 216 g/mol. The molecule has 1 N–H and O–H groups in total. The third-order valence-corrected chi connectivity index (χ3v) is 2.32. The van der Waals surface area contributed by atoms with E-state index in [1.54, 1.807) is 13.0 Å². The van der Waals surface area contributed by atoms with E-state index in [2.05, 4.69) is 0 Å². The van der Waals surface area contributed by atoms with E-state index in [1.807, 2.05) is 0 Å². The zero-order valence-corrected chi connectivity index (χ0v) is 8.76. The average molecular weight is 216 g/mol. The van der Waals surface area contributed by atoms with Gasteiger partial charge in [-0.3, -0.25) is 0 Å². The molecule has 1 aromatic carbocycles. The molecule has 0 saturated carbocycles. The predicted molar refractivity (Wildman–Crippen MR) is 53.3 cm³/mol. The minimum Gasteiger partial charge on any atom is -0.496 e. The van der Waals surface area contributed by atoms with Crippen molar-refractivity contribution in [3.8, 4) is 5.75 Å². The summed E-state index contributed by atoms with van der Waals surface area (Å²) < 4.78 is 32.0. The summed E-state index contributed by atoms with van der Waals surface area (Å²) in [6.45, 7) is 1.04. The van der Waals surface area contributed by atoms with Crippen LogP contribution in [0.5, 0.6) is 5.75 Å². The van der Waals surface area contributed by atoms with Gasteiger partial charge in [-0.05, 0) is 13.0 Å². The van der Waals surface area contributed by atoms with E-state index in [-0.39, 0.29) is 5.56 Å². The molecule has 84 valence electrons. The first kappa shape index (κ1) is 11.9. The van der Waals surface area contributed by atoms with Crippen LogP contribution in [0.2, 0.25) is 0 Å². The van der Waals surface area contributed by atoms with Gasteiger partial charge in [0.25, 0.3) is 5.92 Å². The van der Waals surface area contributed by atoms with Crippen LogP contribution in [-0.2, 0) is 5.92 Å². The van der Waals surface area contributed by atoms with Gasteiger partial charge in [0.1, 0.15) is 5.75 Å². The highest BCUT2D eigenvalue weighted by Crippen LogP contribution is 2.36. The highest BCUT2D eigenvalue weighted by atomic mass is 19.3. The summed E-state index contributed by atoms with van der Waals surface area (Å²) in [5.41, 5.74) is 0.328. The van der Waals surface area contributed by atoms with E-state index in [4.69, 9.17) is 9.84 Å². The van der Waals surface area contributed by atoms with Gasteiger partial charge in [0.2, 0.25) is 0 Å². The second-order valence-electron chi connectivity index (χ2n) is 3.31. The topological polar surface area (TPSA) is 29.5 Å². The number of aliphatic hydroxyl groups is 1. The number of ether oxygens (including phenoxy) is 1. The van der Waals surface area contributed by atoms with Gasteiger partial charge >= 0.3 is 0 Å². The molecule has 15 heavy (non-hydrogen) atoms. The van der Waals surface area contributed by atoms with Crippen molar-refractivity contribution >= 4 is 0 Å². The van der Waals surface area contributed by atoms with Crippen LogP contribution in [0.25, 0.3) is 0 Å². The van der Waals surface area contributed by atoms with Crippen molar-refractivity contribution in [3.05, 3.63) is 29.3 Å². The first-order valence-electron chi connectivity index (χ1n) is 4.65. The Bertz CT molecular complexity index is 337. The zero-order valence-electron chi connectivity index (χ0n) is 8.76. The molecule has 0 atom stereocenters. The molecule has 0 aliphatic rings. The molecule has 0 aromatic heterocycles. The highest BCUT2D eigenvalue weighted by molar-refractivity contribution is 5.41. The molecule has 0 spiro atoms. The zero-order chi connectivity index (χ0) is 11.5. The Morgan fingerprint density at radius 3 is 2.60 bits per heavy atom. The molecule has 0 aliphatic heterocycles. The van der Waals surface area contributed by atoms with E-state index in [1.165, 1.54) is 19.2 Å². The van der Waals surface area contributed by atoms with Crippen LogP contribution in [-0.4, -0.2) is 18.8 Å². The number of hydrogen-bond donors (Lipinski definition) is 1. The number of benzene rings is 1.